The van der Waals surface area contributed by atoms with Gasteiger partial charge in [-0.25, -0.2) is 4.79 Å². The van der Waals surface area contributed by atoms with Gasteiger partial charge in [0.1, 0.15) is 12.4 Å². The largest absolute Gasteiger partial charge is 0.512 e. The van der Waals surface area contributed by atoms with Gasteiger partial charge in [-0.15, -0.1) is 0 Å². The zero-order valence-electron chi connectivity index (χ0n) is 17.9. The third kappa shape index (κ3) is 6.57. The molecule has 0 spiro atoms. The minimum absolute atomic E-state index is 0.0661. The first kappa shape index (κ1) is 23.8. The number of nitrogens with one attached hydrogen (secondary N) is 2. The van der Waals surface area contributed by atoms with Gasteiger partial charge in [0.15, 0.2) is 0 Å². The van der Waals surface area contributed by atoms with E-state index in [0.29, 0.717) is 37.3 Å². The number of phenolic OH excluding ortho intramolecular Hbond substituents is 1. The molecule has 1 saturated heterocycles. The lowest BCUT2D eigenvalue weighted by Crippen LogP contribution is -2.39. The molecule has 0 saturated carbocycles. The molecule has 2 heterocycles. The van der Waals surface area contributed by atoms with Crippen LogP contribution in [0.3, 0.4) is 0 Å². The summed E-state index contributed by atoms with van der Waals surface area (Å²) in [4.78, 5) is 27.7. The lowest BCUT2D eigenvalue weighted by molar-refractivity contribution is -0.144. The molecule has 1 aliphatic rings. The number of esters is 1. The summed E-state index contributed by atoms with van der Waals surface area (Å²) in [7, 11) is 0. The van der Waals surface area contributed by atoms with Gasteiger partial charge in [0.05, 0.1) is 31.3 Å². The van der Waals surface area contributed by atoms with Crippen molar-refractivity contribution in [3.8, 4) is 11.6 Å². The molecule has 2 unspecified atom stereocenters. The van der Waals surface area contributed by atoms with Crippen molar-refractivity contribution < 1.29 is 39.1 Å². The van der Waals surface area contributed by atoms with E-state index in [0.717, 1.165) is 13.1 Å². The van der Waals surface area contributed by atoms with Gasteiger partial charge in [0, 0.05) is 43.7 Å². The fourth-order valence-corrected chi connectivity index (χ4v) is 3.56. The van der Waals surface area contributed by atoms with Gasteiger partial charge in [-0.3, -0.25) is 9.69 Å². The number of aromatic amines is 1. The Morgan fingerprint density at radius 1 is 1.31 bits per heavy atom. The Hall–Kier alpha value is -2.86. The van der Waals surface area contributed by atoms with Crippen molar-refractivity contribution >= 4 is 23.0 Å². The number of carbonyl (C=O) groups excluding carboxylic acids is 1. The van der Waals surface area contributed by atoms with E-state index < -0.39 is 12.3 Å². The fourth-order valence-electron chi connectivity index (χ4n) is 3.56. The van der Waals surface area contributed by atoms with E-state index in [2.05, 4.69) is 19.9 Å². The second-order valence-electron chi connectivity index (χ2n) is 7.67. The van der Waals surface area contributed by atoms with Gasteiger partial charge in [0.25, 0.3) is 0 Å². The van der Waals surface area contributed by atoms with Crippen LogP contribution < -0.4 is 10.1 Å². The van der Waals surface area contributed by atoms with Gasteiger partial charge < -0.3 is 39.8 Å². The molecule has 2 aromatic rings. The van der Waals surface area contributed by atoms with Gasteiger partial charge in [-0.2, -0.15) is 0 Å². The monoisotopic (exact) mass is 451 g/mol. The van der Waals surface area contributed by atoms with E-state index in [9.17, 15) is 19.8 Å². The number of aromatic hydroxyl groups is 1. The van der Waals surface area contributed by atoms with E-state index >= 15 is 0 Å². The number of aliphatic hydroxyl groups excluding tert-OH is 1. The van der Waals surface area contributed by atoms with Crippen LogP contribution in [0.25, 0.3) is 10.9 Å². The molecule has 1 fully saturated rings. The summed E-state index contributed by atoms with van der Waals surface area (Å²) in [5.41, 5.74) is 0.733. The lowest BCUT2D eigenvalue weighted by Gasteiger charge is -2.26. The molecule has 11 heteroatoms. The first-order chi connectivity index (χ1) is 15.3. The minimum Gasteiger partial charge on any atom is -0.506 e. The maximum Gasteiger partial charge on any atom is 0.512 e. The van der Waals surface area contributed by atoms with Crippen molar-refractivity contribution in [1.82, 2.24) is 15.2 Å². The zero-order valence-corrected chi connectivity index (χ0v) is 17.9. The van der Waals surface area contributed by atoms with Crippen LogP contribution in [0, 0.1) is 0 Å². The van der Waals surface area contributed by atoms with Crippen LogP contribution >= 0.6 is 0 Å². The predicted octanol–water partition coefficient (Wildman–Crippen LogP) is 1.21. The zero-order chi connectivity index (χ0) is 23.1. The highest BCUT2D eigenvalue weighted by atomic mass is 16.7. The number of carbonyl (C=O) groups is 2. The predicted molar refractivity (Wildman–Crippen MR) is 114 cm³/mol. The van der Waals surface area contributed by atoms with E-state index in [1.54, 1.807) is 6.07 Å². The number of benzene rings is 1. The average molecular weight is 451 g/mol. The number of hydrogen-bond acceptors (Lipinski definition) is 9. The molecule has 1 aliphatic heterocycles. The van der Waals surface area contributed by atoms with Crippen molar-refractivity contribution in [2.24, 2.45) is 0 Å². The van der Waals surface area contributed by atoms with Crippen molar-refractivity contribution in [2.45, 2.75) is 25.5 Å². The topological polar surface area (TPSA) is 154 Å². The van der Waals surface area contributed by atoms with Crippen LogP contribution in [0.1, 0.15) is 25.0 Å². The first-order valence-electron chi connectivity index (χ1n) is 10.5. The van der Waals surface area contributed by atoms with Crippen molar-refractivity contribution in [3.05, 3.63) is 23.8 Å². The minimum atomic E-state index is -1.49. The van der Waals surface area contributed by atoms with Crippen LogP contribution in [0.15, 0.2) is 18.2 Å². The number of ether oxygens (including phenoxy) is 3. The molecule has 11 nitrogen and oxygen atoms in total. The number of H-pyrrole nitrogens is 1. The highest BCUT2D eigenvalue weighted by molar-refractivity contribution is 5.90. The highest BCUT2D eigenvalue weighted by Crippen LogP contribution is 2.33. The van der Waals surface area contributed by atoms with Gasteiger partial charge >= 0.3 is 12.1 Å². The molecular formula is C21H29N3O8. The van der Waals surface area contributed by atoms with Gasteiger partial charge in [-0.05, 0) is 18.6 Å². The molecule has 0 bridgehead atoms. The van der Waals surface area contributed by atoms with Crippen LogP contribution in [0.2, 0.25) is 0 Å². The third-order valence-electron chi connectivity index (χ3n) is 5.24. The van der Waals surface area contributed by atoms with E-state index in [1.165, 1.54) is 12.1 Å². The number of rotatable bonds is 10. The number of carboxylic acid groups (broad SMARTS) is 1. The number of morpholine rings is 1. The molecule has 2 atom stereocenters. The Kier molecular flexibility index (Phi) is 8.28. The van der Waals surface area contributed by atoms with Crippen molar-refractivity contribution in [2.75, 3.05) is 46.0 Å². The van der Waals surface area contributed by atoms with Crippen LogP contribution in [-0.4, -0.2) is 89.4 Å². The van der Waals surface area contributed by atoms with Crippen molar-refractivity contribution in [3.63, 3.8) is 0 Å². The molecule has 32 heavy (non-hydrogen) atoms. The van der Waals surface area contributed by atoms with E-state index in [4.69, 9.17) is 14.6 Å². The Balaban J connectivity index is 1.48. The number of fused-ring (bicyclic) bond motifs is 1. The second-order valence-corrected chi connectivity index (χ2v) is 7.67. The van der Waals surface area contributed by atoms with Gasteiger partial charge in [0.2, 0.25) is 5.88 Å². The normalized spacial score (nSPS) is 16.6. The molecule has 0 aliphatic carbocycles. The Morgan fingerprint density at radius 2 is 2.06 bits per heavy atom. The standard InChI is InChI=1S/C21H29N3O8/c1-13(10-19(27)31-9-6-24-4-7-30-8-5-24)22-12-17(26)14-2-3-16(25)20-15(14)11-18(23-20)32-21(28)29/h2-3,11,13,17,22-23,25-26H,4-10,12H2,1H3,(H,28,29). The molecule has 176 valence electrons. The quantitative estimate of drug-likeness (QED) is 0.333. The summed E-state index contributed by atoms with van der Waals surface area (Å²) >= 11 is 0. The molecule has 1 aromatic carbocycles. The second kappa shape index (κ2) is 11.1. The van der Waals surface area contributed by atoms with E-state index in [1.807, 2.05) is 6.92 Å². The number of aromatic nitrogens is 1. The molecule has 5 N–H and O–H groups in total. The number of hydrogen-bond donors (Lipinski definition) is 5. The van der Waals surface area contributed by atoms with Crippen LogP contribution in [0.4, 0.5) is 4.79 Å². The summed E-state index contributed by atoms with van der Waals surface area (Å²) < 4.78 is 15.2. The summed E-state index contributed by atoms with van der Waals surface area (Å²) in [5, 5.41) is 32.9. The lowest BCUT2D eigenvalue weighted by atomic mass is 10.0. The summed E-state index contributed by atoms with van der Waals surface area (Å²) in [6.07, 6.45) is -2.31. The molecule has 3 rings (SSSR count). The maximum absolute atomic E-state index is 12.1. The number of nitrogens with zero attached hydrogens (tertiary/aromatic N) is 1. The van der Waals surface area contributed by atoms with Crippen LogP contribution in [-0.2, 0) is 14.3 Å². The Morgan fingerprint density at radius 3 is 2.78 bits per heavy atom. The SMILES string of the molecule is CC(CC(=O)OCCN1CCOCC1)NCC(O)c1ccc(O)c2[nH]c(OC(=O)O)cc12. The smallest absolute Gasteiger partial charge is 0.506 e. The average Bonchev–Trinajstić information content (AvgIpc) is 3.16. The van der Waals surface area contributed by atoms with Crippen molar-refractivity contribution in [1.29, 1.82) is 0 Å². The Labute approximate surface area is 184 Å². The maximum atomic E-state index is 12.1. The molecule has 1 aromatic heterocycles. The van der Waals surface area contributed by atoms with Gasteiger partial charge in [-0.1, -0.05) is 6.07 Å². The molecule has 0 amide bonds. The van der Waals surface area contributed by atoms with E-state index in [-0.39, 0.29) is 42.1 Å². The third-order valence-corrected chi connectivity index (χ3v) is 5.24. The molecule has 0 radical (unpaired) electrons. The number of aliphatic hydroxyl groups is 1. The summed E-state index contributed by atoms with van der Waals surface area (Å²) in [6, 6.07) is 4.12. The van der Waals surface area contributed by atoms with Crippen LogP contribution in [0.5, 0.6) is 11.6 Å². The first-order valence-corrected chi connectivity index (χ1v) is 10.5. The summed E-state index contributed by atoms with van der Waals surface area (Å²) in [6.45, 7) is 6.03. The summed E-state index contributed by atoms with van der Waals surface area (Å²) in [5.74, 6) is -0.484. The Bertz CT molecular complexity index is 925. The molecular weight excluding hydrogens is 422 g/mol. The highest BCUT2D eigenvalue weighted by Gasteiger charge is 2.19. The fraction of sp³-hybridized carbons (Fsp3) is 0.524. The number of phenols is 1.